The molecule has 0 N–H and O–H groups in total. The number of ether oxygens (including phenoxy) is 1. The largest absolute Gasteiger partial charge is 0.417 e. The molecule has 1 aliphatic rings. The van der Waals surface area contributed by atoms with Gasteiger partial charge in [-0.05, 0) is 36.1 Å². The molecule has 0 aliphatic heterocycles. The first-order valence-electron chi connectivity index (χ1n) is 9.29. The van der Waals surface area contributed by atoms with Gasteiger partial charge in [-0.1, -0.05) is 63.1 Å². The van der Waals surface area contributed by atoms with Crippen molar-refractivity contribution in [2.24, 2.45) is 5.92 Å². The fourth-order valence-corrected chi connectivity index (χ4v) is 5.24. The molecule has 2 nitrogen and oxygen atoms in total. The van der Waals surface area contributed by atoms with E-state index < -0.39 is 16.1 Å². The molecule has 0 unspecified atom stereocenters. The van der Waals surface area contributed by atoms with Crippen LogP contribution in [0, 0.1) is 17.4 Å². The molecule has 0 bridgehead atoms. The Bertz CT molecular complexity index is 816. The summed E-state index contributed by atoms with van der Waals surface area (Å²) in [6.45, 7) is 15.1. The molecule has 4 heteroatoms. The van der Waals surface area contributed by atoms with Crippen LogP contribution in [0.5, 0.6) is 0 Å². The van der Waals surface area contributed by atoms with Crippen LogP contribution in [0.3, 0.4) is 0 Å². The Hall–Kier alpha value is -1.80. The van der Waals surface area contributed by atoms with Crippen LogP contribution in [0.25, 0.3) is 5.76 Å². The van der Waals surface area contributed by atoms with Crippen molar-refractivity contribution < 1.29 is 9.53 Å². The maximum Gasteiger partial charge on any atom is 0.308 e. The summed E-state index contributed by atoms with van der Waals surface area (Å²) in [5, 5.41) is 1.36. The van der Waals surface area contributed by atoms with E-state index in [1.165, 1.54) is 25.0 Å². The minimum absolute atomic E-state index is 0.314. The Morgan fingerprint density at radius 2 is 1.69 bits per heavy atom. The highest BCUT2D eigenvalue weighted by Crippen LogP contribution is 2.41. The summed E-state index contributed by atoms with van der Waals surface area (Å²) in [4.78, 5) is 11.8. The molecule has 2 rings (SSSR count). The van der Waals surface area contributed by atoms with Gasteiger partial charge in [-0.25, -0.2) is 0 Å². The molecule has 1 aliphatic carbocycles. The zero-order valence-corrected chi connectivity index (χ0v) is 19.1. The van der Waals surface area contributed by atoms with Gasteiger partial charge < -0.3 is 4.74 Å². The molecular weight excluding hydrogens is 352 g/mol. The molecule has 0 atom stereocenters. The fourth-order valence-electron chi connectivity index (χ4n) is 2.73. The van der Waals surface area contributed by atoms with E-state index in [0.29, 0.717) is 11.7 Å². The highest BCUT2D eigenvalue weighted by molar-refractivity contribution is 6.84. The first-order chi connectivity index (χ1) is 12.0. The quantitative estimate of drug-likeness (QED) is 0.222. The van der Waals surface area contributed by atoms with Gasteiger partial charge in [0.15, 0.2) is 5.76 Å². The molecule has 0 radical (unpaired) electrons. The van der Waals surface area contributed by atoms with E-state index in [1.54, 1.807) is 0 Å². The Balaban J connectivity index is 2.67. The zero-order valence-electron chi connectivity index (χ0n) is 17.1. The molecule has 1 fully saturated rings. The normalized spacial score (nSPS) is 14.0. The van der Waals surface area contributed by atoms with Crippen LogP contribution in [0.2, 0.25) is 39.3 Å². The van der Waals surface area contributed by atoms with Crippen molar-refractivity contribution in [3.05, 3.63) is 46.3 Å². The lowest BCUT2D eigenvalue weighted by molar-refractivity contribution is -0.134. The van der Waals surface area contributed by atoms with Crippen molar-refractivity contribution in [2.45, 2.75) is 59.0 Å². The zero-order chi connectivity index (χ0) is 19.5. The second-order valence-electron chi connectivity index (χ2n) is 9.03. The lowest BCUT2D eigenvalue weighted by Crippen LogP contribution is -2.25. The van der Waals surface area contributed by atoms with E-state index >= 15 is 0 Å². The Morgan fingerprint density at radius 1 is 1.08 bits per heavy atom. The molecule has 26 heavy (non-hydrogen) atoms. The average Bonchev–Trinajstić information content (AvgIpc) is 3.32. The molecule has 0 amide bonds. The maximum absolute atomic E-state index is 11.8. The molecule has 0 spiro atoms. The van der Waals surface area contributed by atoms with E-state index in [0.717, 1.165) is 11.1 Å². The van der Waals surface area contributed by atoms with Gasteiger partial charge in [0.2, 0.25) is 0 Å². The van der Waals surface area contributed by atoms with Gasteiger partial charge in [0.1, 0.15) is 8.07 Å². The third-order valence-corrected chi connectivity index (χ3v) is 7.06. The third-order valence-electron chi connectivity index (χ3n) is 4.03. The maximum atomic E-state index is 11.8. The lowest BCUT2D eigenvalue weighted by Gasteiger charge is -2.19. The van der Waals surface area contributed by atoms with Crippen molar-refractivity contribution in [2.75, 3.05) is 0 Å². The van der Waals surface area contributed by atoms with Crippen LogP contribution < -0.4 is 0 Å². The standard InChI is InChI=1S/C22H30O2Si2/c1-17(23)24-21(16-22(19-12-13-19)26(5,6)7)20-11-9-8-10-18(20)14-15-25(2,3)4/h8-11,19H,12-13H2,1-7H3. The van der Waals surface area contributed by atoms with Crippen LogP contribution in [-0.2, 0) is 9.53 Å². The first-order valence-corrected chi connectivity index (χ1v) is 16.3. The first kappa shape index (κ1) is 20.5. The number of rotatable bonds is 4. The topological polar surface area (TPSA) is 26.3 Å². The summed E-state index contributed by atoms with van der Waals surface area (Å²) in [6.07, 6.45) is 2.44. The summed E-state index contributed by atoms with van der Waals surface area (Å²) in [6, 6.07) is 7.92. The molecule has 0 heterocycles. The molecule has 0 saturated heterocycles. The van der Waals surface area contributed by atoms with Gasteiger partial charge in [-0.2, -0.15) is 0 Å². The smallest absolute Gasteiger partial charge is 0.308 e. The summed E-state index contributed by atoms with van der Waals surface area (Å²) in [5.41, 5.74) is 8.72. The van der Waals surface area contributed by atoms with Crippen molar-refractivity contribution in [1.82, 2.24) is 0 Å². The fraction of sp³-hybridized carbons (Fsp3) is 0.455. The van der Waals surface area contributed by atoms with Gasteiger partial charge in [0.05, 0.1) is 8.07 Å². The van der Waals surface area contributed by atoms with Crippen LogP contribution in [0.1, 0.15) is 30.9 Å². The number of hydrogen-bond acceptors (Lipinski definition) is 2. The highest BCUT2D eigenvalue weighted by Gasteiger charge is 2.34. The predicted molar refractivity (Wildman–Crippen MR) is 115 cm³/mol. The van der Waals surface area contributed by atoms with Crippen LogP contribution in [0.4, 0.5) is 0 Å². The lowest BCUT2D eigenvalue weighted by atomic mass is 10.1. The summed E-state index contributed by atoms with van der Waals surface area (Å²) < 4.78 is 5.62. The molecule has 1 saturated carbocycles. The minimum Gasteiger partial charge on any atom is -0.417 e. The Labute approximate surface area is 160 Å². The number of benzene rings is 1. The summed E-state index contributed by atoms with van der Waals surface area (Å²) >= 11 is 0. The number of allylic oxidation sites excluding steroid dienone is 1. The van der Waals surface area contributed by atoms with Crippen LogP contribution in [-0.4, -0.2) is 22.1 Å². The second kappa shape index (κ2) is 7.84. The number of carbonyl (C=O) groups is 1. The Morgan fingerprint density at radius 3 is 2.19 bits per heavy atom. The molecule has 0 aromatic heterocycles. The molecule has 1 aromatic carbocycles. The van der Waals surface area contributed by atoms with Gasteiger partial charge in [0.25, 0.3) is 0 Å². The predicted octanol–water partition coefficient (Wildman–Crippen LogP) is 5.63. The Kier molecular flexibility index (Phi) is 6.18. The van der Waals surface area contributed by atoms with E-state index in [2.05, 4.69) is 56.5 Å². The van der Waals surface area contributed by atoms with Crippen molar-refractivity contribution in [3.63, 3.8) is 0 Å². The van der Waals surface area contributed by atoms with Crippen LogP contribution >= 0.6 is 0 Å². The third kappa shape index (κ3) is 6.18. The number of carbonyl (C=O) groups excluding carboxylic acids is 1. The SMILES string of the molecule is CC(=O)OC(=C=C(C1CC1)[Si](C)(C)C)c1ccccc1C#C[Si](C)(C)C. The van der Waals surface area contributed by atoms with Gasteiger partial charge in [-0.15, -0.1) is 5.54 Å². The molecule has 138 valence electrons. The molecule has 1 aromatic rings. The van der Waals surface area contributed by atoms with Gasteiger partial charge >= 0.3 is 5.97 Å². The van der Waals surface area contributed by atoms with E-state index in [-0.39, 0.29) is 5.97 Å². The van der Waals surface area contributed by atoms with Crippen molar-refractivity contribution in [3.8, 4) is 11.5 Å². The molecular formula is C22H30O2Si2. The minimum atomic E-state index is -1.54. The van der Waals surface area contributed by atoms with E-state index in [4.69, 9.17) is 4.74 Å². The van der Waals surface area contributed by atoms with E-state index in [1.807, 2.05) is 24.3 Å². The van der Waals surface area contributed by atoms with E-state index in [9.17, 15) is 4.79 Å². The highest BCUT2D eigenvalue weighted by atomic mass is 28.3. The number of hydrogen-bond donors (Lipinski definition) is 0. The summed E-state index contributed by atoms with van der Waals surface area (Å²) in [7, 11) is -3.03. The van der Waals surface area contributed by atoms with Gasteiger partial charge in [0, 0.05) is 18.1 Å². The van der Waals surface area contributed by atoms with Crippen LogP contribution in [0.15, 0.2) is 35.2 Å². The van der Waals surface area contributed by atoms with Crippen molar-refractivity contribution in [1.29, 1.82) is 0 Å². The second-order valence-corrected chi connectivity index (χ2v) is 18.8. The summed E-state index contributed by atoms with van der Waals surface area (Å²) in [5.74, 6) is 4.15. The monoisotopic (exact) mass is 382 g/mol. The van der Waals surface area contributed by atoms with Crippen molar-refractivity contribution >= 4 is 27.9 Å². The average molecular weight is 383 g/mol. The van der Waals surface area contributed by atoms with Gasteiger partial charge in [-0.3, -0.25) is 4.79 Å². The number of esters is 1.